The predicted octanol–water partition coefficient (Wildman–Crippen LogP) is 4.66. The van der Waals surface area contributed by atoms with Crippen molar-refractivity contribution in [1.29, 1.82) is 0 Å². The lowest BCUT2D eigenvalue weighted by molar-refractivity contribution is 0.205. The van der Waals surface area contributed by atoms with Crippen LogP contribution in [0.1, 0.15) is 45.7 Å². The standard InChI is InChI=1S/C14H22Br2N2/c1-9-5-6-10(11(15)7-9)14(2,3)13-12(16)8-17-18(13)4/h8-11H,5-7H2,1-4H3. The molecule has 0 aliphatic heterocycles. The first-order chi connectivity index (χ1) is 8.34. The summed E-state index contributed by atoms with van der Waals surface area (Å²) in [5.41, 5.74) is 1.45. The van der Waals surface area contributed by atoms with E-state index in [4.69, 9.17) is 0 Å². The Kier molecular flexibility index (Phi) is 4.27. The highest BCUT2D eigenvalue weighted by Crippen LogP contribution is 2.46. The van der Waals surface area contributed by atoms with Crippen molar-refractivity contribution in [2.24, 2.45) is 18.9 Å². The van der Waals surface area contributed by atoms with Gasteiger partial charge in [0.2, 0.25) is 0 Å². The molecular weight excluding hydrogens is 356 g/mol. The average molecular weight is 378 g/mol. The Morgan fingerprint density at radius 1 is 1.39 bits per heavy atom. The van der Waals surface area contributed by atoms with Gasteiger partial charge in [0.15, 0.2) is 0 Å². The zero-order valence-electron chi connectivity index (χ0n) is 11.6. The quantitative estimate of drug-likeness (QED) is 0.685. The molecule has 102 valence electrons. The van der Waals surface area contributed by atoms with Crippen LogP contribution in [0.2, 0.25) is 0 Å². The van der Waals surface area contributed by atoms with Gasteiger partial charge in [0.1, 0.15) is 0 Å². The van der Waals surface area contributed by atoms with Gasteiger partial charge in [0.25, 0.3) is 0 Å². The lowest BCUT2D eigenvalue weighted by Crippen LogP contribution is -2.40. The second-order valence-electron chi connectivity index (χ2n) is 6.23. The summed E-state index contributed by atoms with van der Waals surface area (Å²) in [6, 6.07) is 0. The molecule has 3 unspecified atom stereocenters. The molecule has 0 radical (unpaired) electrons. The molecule has 1 fully saturated rings. The Morgan fingerprint density at radius 2 is 2.06 bits per heavy atom. The highest BCUT2D eigenvalue weighted by Gasteiger charge is 2.41. The third-order valence-corrected chi connectivity index (χ3v) is 6.06. The molecule has 2 rings (SSSR count). The number of nitrogens with zero attached hydrogens (tertiary/aromatic N) is 2. The Balaban J connectivity index is 2.31. The van der Waals surface area contributed by atoms with Gasteiger partial charge in [0.05, 0.1) is 16.4 Å². The second-order valence-corrected chi connectivity index (χ2v) is 8.26. The van der Waals surface area contributed by atoms with Crippen molar-refractivity contribution in [2.45, 2.75) is 50.3 Å². The fraction of sp³-hybridized carbons (Fsp3) is 0.786. The molecule has 0 amide bonds. The Hall–Kier alpha value is 0.170. The molecule has 3 atom stereocenters. The van der Waals surface area contributed by atoms with E-state index in [1.165, 1.54) is 25.0 Å². The number of hydrogen-bond donors (Lipinski definition) is 0. The molecule has 0 spiro atoms. The number of halogens is 2. The summed E-state index contributed by atoms with van der Waals surface area (Å²) in [7, 11) is 2.04. The van der Waals surface area contributed by atoms with Crippen LogP contribution < -0.4 is 0 Å². The van der Waals surface area contributed by atoms with E-state index in [1.54, 1.807) is 0 Å². The number of aromatic nitrogens is 2. The zero-order chi connectivity index (χ0) is 13.5. The Labute approximate surface area is 127 Å². The Bertz CT molecular complexity index is 406. The molecule has 1 aromatic rings. The van der Waals surface area contributed by atoms with Gasteiger partial charge >= 0.3 is 0 Å². The first-order valence-corrected chi connectivity index (χ1v) is 8.37. The van der Waals surface area contributed by atoms with Crippen LogP contribution in [0, 0.1) is 11.8 Å². The van der Waals surface area contributed by atoms with Crippen LogP contribution in [-0.4, -0.2) is 14.6 Å². The maximum absolute atomic E-state index is 4.37. The lowest BCUT2D eigenvalue weighted by Gasteiger charge is -2.42. The van der Waals surface area contributed by atoms with E-state index in [-0.39, 0.29) is 5.41 Å². The van der Waals surface area contributed by atoms with Crippen LogP contribution in [-0.2, 0) is 12.5 Å². The van der Waals surface area contributed by atoms with Crippen molar-refractivity contribution >= 4 is 31.9 Å². The second kappa shape index (κ2) is 5.28. The minimum Gasteiger partial charge on any atom is -0.271 e. The summed E-state index contributed by atoms with van der Waals surface area (Å²) in [5, 5.41) is 4.37. The van der Waals surface area contributed by atoms with E-state index in [0.29, 0.717) is 10.7 Å². The van der Waals surface area contributed by atoms with Gasteiger partial charge in [-0.3, -0.25) is 4.68 Å². The monoisotopic (exact) mass is 376 g/mol. The van der Waals surface area contributed by atoms with Gasteiger partial charge in [-0.1, -0.05) is 43.1 Å². The van der Waals surface area contributed by atoms with Gasteiger partial charge in [-0.15, -0.1) is 0 Å². The molecule has 18 heavy (non-hydrogen) atoms. The van der Waals surface area contributed by atoms with E-state index in [2.05, 4.69) is 57.7 Å². The number of aryl methyl sites for hydroxylation is 1. The van der Waals surface area contributed by atoms with Crippen molar-refractivity contribution in [2.75, 3.05) is 0 Å². The fourth-order valence-corrected chi connectivity index (χ4v) is 5.86. The molecule has 1 aromatic heterocycles. The molecule has 2 nitrogen and oxygen atoms in total. The summed E-state index contributed by atoms with van der Waals surface area (Å²) in [4.78, 5) is 0.609. The van der Waals surface area contributed by atoms with E-state index >= 15 is 0 Å². The first-order valence-electron chi connectivity index (χ1n) is 6.66. The minimum absolute atomic E-state index is 0.137. The molecule has 4 heteroatoms. The van der Waals surface area contributed by atoms with Crippen molar-refractivity contribution in [3.05, 3.63) is 16.4 Å². The van der Waals surface area contributed by atoms with Crippen molar-refractivity contribution in [1.82, 2.24) is 9.78 Å². The topological polar surface area (TPSA) is 17.8 Å². The van der Waals surface area contributed by atoms with Crippen molar-refractivity contribution in [3.8, 4) is 0 Å². The van der Waals surface area contributed by atoms with E-state index in [0.717, 1.165) is 10.4 Å². The lowest BCUT2D eigenvalue weighted by atomic mass is 9.67. The summed E-state index contributed by atoms with van der Waals surface area (Å²) >= 11 is 7.57. The van der Waals surface area contributed by atoms with Gasteiger partial charge in [0, 0.05) is 17.3 Å². The van der Waals surface area contributed by atoms with Gasteiger partial charge < -0.3 is 0 Å². The summed E-state index contributed by atoms with van der Waals surface area (Å²) in [6.07, 6.45) is 5.82. The molecule has 1 heterocycles. The fourth-order valence-electron chi connectivity index (χ4n) is 3.44. The van der Waals surface area contributed by atoms with Crippen LogP contribution >= 0.6 is 31.9 Å². The maximum Gasteiger partial charge on any atom is 0.0635 e. The van der Waals surface area contributed by atoms with Crippen molar-refractivity contribution in [3.63, 3.8) is 0 Å². The van der Waals surface area contributed by atoms with E-state index in [1.807, 2.05) is 17.9 Å². The molecule has 1 saturated carbocycles. The maximum atomic E-state index is 4.37. The molecule has 0 N–H and O–H groups in total. The summed E-state index contributed by atoms with van der Waals surface area (Å²) in [6.45, 7) is 7.06. The SMILES string of the molecule is CC1CCC(C(C)(C)c2c(Br)cnn2C)C(Br)C1. The highest BCUT2D eigenvalue weighted by molar-refractivity contribution is 9.10. The number of alkyl halides is 1. The van der Waals surface area contributed by atoms with Crippen LogP contribution in [0.15, 0.2) is 10.7 Å². The molecule has 0 saturated heterocycles. The van der Waals surface area contributed by atoms with Gasteiger partial charge in [-0.25, -0.2) is 0 Å². The third-order valence-electron chi connectivity index (χ3n) is 4.47. The van der Waals surface area contributed by atoms with Gasteiger partial charge in [-0.05, 0) is 40.6 Å². The highest BCUT2D eigenvalue weighted by atomic mass is 79.9. The smallest absolute Gasteiger partial charge is 0.0635 e. The molecule has 1 aliphatic carbocycles. The first kappa shape index (κ1) is 14.6. The average Bonchev–Trinajstić information content (AvgIpc) is 2.58. The normalized spacial score (nSPS) is 29.6. The number of hydrogen-bond acceptors (Lipinski definition) is 1. The van der Waals surface area contributed by atoms with Crippen LogP contribution in [0.5, 0.6) is 0 Å². The summed E-state index contributed by atoms with van der Waals surface area (Å²) in [5.74, 6) is 1.51. The zero-order valence-corrected chi connectivity index (χ0v) is 14.8. The van der Waals surface area contributed by atoms with Crippen LogP contribution in [0.4, 0.5) is 0 Å². The Morgan fingerprint density at radius 3 is 2.56 bits per heavy atom. The molecular formula is C14H22Br2N2. The molecule has 1 aliphatic rings. The molecule has 0 bridgehead atoms. The number of rotatable bonds is 2. The molecule has 0 aromatic carbocycles. The van der Waals surface area contributed by atoms with Crippen molar-refractivity contribution < 1.29 is 0 Å². The van der Waals surface area contributed by atoms with Crippen LogP contribution in [0.25, 0.3) is 0 Å². The largest absolute Gasteiger partial charge is 0.271 e. The van der Waals surface area contributed by atoms with Crippen LogP contribution in [0.3, 0.4) is 0 Å². The predicted molar refractivity (Wildman–Crippen MR) is 83.2 cm³/mol. The minimum atomic E-state index is 0.137. The van der Waals surface area contributed by atoms with Gasteiger partial charge in [-0.2, -0.15) is 5.10 Å². The summed E-state index contributed by atoms with van der Waals surface area (Å²) < 4.78 is 3.15. The van der Waals surface area contributed by atoms with E-state index in [9.17, 15) is 0 Å². The van der Waals surface area contributed by atoms with E-state index < -0.39 is 0 Å². The third kappa shape index (κ3) is 2.55.